The van der Waals surface area contributed by atoms with E-state index in [1.165, 1.54) is 161 Å². The number of carbonyl (C=O) groups excluding carboxylic acids is 2. The second kappa shape index (κ2) is 56.7. The fourth-order valence-electron chi connectivity index (χ4n) is 8.62. The first kappa shape index (κ1) is 66.8. The van der Waals surface area contributed by atoms with Gasteiger partial charge in [-0.1, -0.05) is 285 Å². The van der Waals surface area contributed by atoms with Crippen LogP contribution in [0, 0.1) is 0 Å². The van der Waals surface area contributed by atoms with Crippen LogP contribution in [-0.2, 0) is 14.3 Å². The van der Waals surface area contributed by atoms with E-state index >= 15 is 0 Å². The fourth-order valence-corrected chi connectivity index (χ4v) is 8.62. The Balaban J connectivity index is 4.64. The fraction of sp³-hybridized carbons (Fsp3) is 0.719. The number of ether oxygens (including phenoxy) is 1. The van der Waals surface area contributed by atoms with Crippen LogP contribution in [0.2, 0.25) is 0 Å². The number of rotatable bonds is 52. The molecule has 6 heteroatoms. The first-order chi connectivity index (χ1) is 34.5. The third-order valence-corrected chi connectivity index (χ3v) is 13.1. The van der Waals surface area contributed by atoms with Gasteiger partial charge in [0.1, 0.15) is 6.10 Å². The predicted octanol–water partition coefficient (Wildman–Crippen LogP) is 18.5. The van der Waals surface area contributed by atoms with Gasteiger partial charge in [-0.15, -0.1) is 0 Å². The molecule has 0 rings (SSSR count). The van der Waals surface area contributed by atoms with Gasteiger partial charge in [-0.2, -0.15) is 0 Å². The van der Waals surface area contributed by atoms with Gasteiger partial charge in [0, 0.05) is 6.42 Å². The van der Waals surface area contributed by atoms with E-state index in [0.29, 0.717) is 19.3 Å². The molecule has 0 aromatic carbocycles. The maximum absolute atomic E-state index is 13.3. The first-order valence-corrected chi connectivity index (χ1v) is 29.5. The minimum atomic E-state index is -0.815. The molecule has 6 nitrogen and oxygen atoms in total. The summed E-state index contributed by atoms with van der Waals surface area (Å²) in [5, 5.41) is 23.9. The molecule has 0 aliphatic rings. The normalized spacial score (nSPS) is 13.8. The molecule has 0 saturated heterocycles. The van der Waals surface area contributed by atoms with Crippen LogP contribution in [0.15, 0.2) is 97.2 Å². The van der Waals surface area contributed by atoms with Crippen LogP contribution in [0.25, 0.3) is 0 Å². The first-order valence-electron chi connectivity index (χ1n) is 29.5. The summed E-state index contributed by atoms with van der Waals surface area (Å²) in [5.41, 5.74) is 0. The molecule has 0 spiro atoms. The topological polar surface area (TPSA) is 95.9 Å². The van der Waals surface area contributed by atoms with Crippen LogP contribution >= 0.6 is 0 Å². The van der Waals surface area contributed by atoms with Gasteiger partial charge in [0.05, 0.1) is 25.2 Å². The molecule has 402 valence electrons. The molecule has 0 aliphatic heterocycles. The molecule has 0 saturated carbocycles. The summed E-state index contributed by atoms with van der Waals surface area (Å²) in [6, 6.07) is -0.733. The number of aliphatic hydroxyl groups is 2. The molecule has 1 amide bonds. The lowest BCUT2D eigenvalue weighted by atomic mass is 10.0. The van der Waals surface area contributed by atoms with E-state index in [2.05, 4.69) is 62.5 Å². The van der Waals surface area contributed by atoms with Crippen LogP contribution in [0.5, 0.6) is 0 Å². The standard InChI is InChI=1S/C64H111NO5/c1-4-7-10-13-16-19-22-25-28-30-31-33-36-39-42-45-48-51-54-57-64(69)70-60(55-52-49-46-43-40-37-34-27-24-21-18-15-12-9-6-3)58-63(68)65-61(59-66)62(67)56-53-50-47-44-41-38-35-32-29-26-23-20-17-14-11-8-5-2/h9,12,15-16,18-19,21,24-25,27-28,34,37,40,43,46,60-62,66-67H,4-8,10-11,13-14,17,20,22-23,26,29-33,35-36,38-39,41-42,44-45,47-59H2,1-3H3,(H,65,68)/b12-9-,18-15+,19-16-,24-21+,28-25-,34-27-,40-37+,46-43+. The number of carbonyl (C=O) groups is 2. The van der Waals surface area contributed by atoms with Gasteiger partial charge in [-0.25, -0.2) is 0 Å². The molecule has 0 radical (unpaired) electrons. The highest BCUT2D eigenvalue weighted by Gasteiger charge is 2.24. The van der Waals surface area contributed by atoms with Crippen molar-refractivity contribution in [3.63, 3.8) is 0 Å². The number of allylic oxidation sites excluding steroid dienone is 16. The monoisotopic (exact) mass is 974 g/mol. The summed E-state index contributed by atoms with van der Waals surface area (Å²) in [7, 11) is 0. The number of hydrogen-bond acceptors (Lipinski definition) is 5. The third kappa shape index (κ3) is 51.1. The number of unbranched alkanes of at least 4 members (excludes halogenated alkanes) is 29. The molecular weight excluding hydrogens is 863 g/mol. The summed E-state index contributed by atoms with van der Waals surface area (Å²) in [4.78, 5) is 26.3. The van der Waals surface area contributed by atoms with E-state index in [1.807, 2.05) is 60.8 Å². The molecule has 0 aliphatic carbocycles. The number of aliphatic hydroxyl groups excluding tert-OH is 2. The maximum atomic E-state index is 13.3. The quantitative estimate of drug-likeness (QED) is 0.0244. The van der Waals surface area contributed by atoms with Gasteiger partial charge >= 0.3 is 5.97 Å². The summed E-state index contributed by atoms with van der Waals surface area (Å²) < 4.78 is 5.92. The lowest BCUT2D eigenvalue weighted by Gasteiger charge is -2.24. The molecular formula is C64H111NO5. The van der Waals surface area contributed by atoms with Gasteiger partial charge in [0.2, 0.25) is 5.91 Å². The molecule has 0 heterocycles. The summed E-state index contributed by atoms with van der Waals surface area (Å²) in [6.45, 7) is 6.31. The number of hydrogen-bond donors (Lipinski definition) is 3. The summed E-state index contributed by atoms with van der Waals surface area (Å²) in [6.07, 6.45) is 76.2. The third-order valence-electron chi connectivity index (χ3n) is 13.1. The van der Waals surface area contributed by atoms with Gasteiger partial charge in [0.15, 0.2) is 0 Å². The van der Waals surface area contributed by atoms with Crippen LogP contribution in [0.3, 0.4) is 0 Å². The lowest BCUT2D eigenvalue weighted by molar-refractivity contribution is -0.151. The van der Waals surface area contributed by atoms with Crippen molar-refractivity contribution < 1.29 is 24.5 Å². The van der Waals surface area contributed by atoms with E-state index < -0.39 is 18.2 Å². The van der Waals surface area contributed by atoms with E-state index in [-0.39, 0.29) is 24.9 Å². The van der Waals surface area contributed by atoms with Crippen LogP contribution in [0.4, 0.5) is 0 Å². The second-order valence-corrected chi connectivity index (χ2v) is 19.8. The number of esters is 1. The Kier molecular flexibility index (Phi) is 54.1. The van der Waals surface area contributed by atoms with E-state index in [1.54, 1.807) is 0 Å². The van der Waals surface area contributed by atoms with E-state index in [0.717, 1.165) is 64.2 Å². The Morgan fingerprint density at radius 2 is 0.843 bits per heavy atom. The van der Waals surface area contributed by atoms with Gasteiger partial charge < -0.3 is 20.3 Å². The zero-order valence-corrected chi connectivity index (χ0v) is 45.9. The van der Waals surface area contributed by atoms with Crippen molar-refractivity contribution in [2.24, 2.45) is 0 Å². The minimum Gasteiger partial charge on any atom is -0.462 e. The molecule has 0 fully saturated rings. The molecule has 0 aromatic rings. The molecule has 3 N–H and O–H groups in total. The number of nitrogens with one attached hydrogen (secondary N) is 1. The highest BCUT2D eigenvalue weighted by molar-refractivity contribution is 5.77. The molecule has 0 aromatic heterocycles. The SMILES string of the molecule is CC\C=C/C=C/C=C/C=C\C=C\C=C\CCCC(CC(=O)NC(CO)C(O)CCCCCCCCCCCCCCCCCCC)OC(=O)CCCCCCCCCCC/C=C\C/C=C\CCCCC. The summed E-state index contributed by atoms with van der Waals surface area (Å²) in [5.74, 6) is -0.553. The van der Waals surface area contributed by atoms with Gasteiger partial charge in [0.25, 0.3) is 0 Å². The van der Waals surface area contributed by atoms with Crippen molar-refractivity contribution >= 4 is 11.9 Å². The average Bonchev–Trinajstić information content (AvgIpc) is 3.35. The molecule has 3 unspecified atom stereocenters. The summed E-state index contributed by atoms with van der Waals surface area (Å²) >= 11 is 0. The predicted molar refractivity (Wildman–Crippen MR) is 305 cm³/mol. The Hall–Kier alpha value is -3.22. The molecule has 3 atom stereocenters. The van der Waals surface area contributed by atoms with Crippen molar-refractivity contribution in [3.05, 3.63) is 97.2 Å². The van der Waals surface area contributed by atoms with Gasteiger partial charge in [-0.3, -0.25) is 9.59 Å². The number of amides is 1. The Morgan fingerprint density at radius 1 is 0.443 bits per heavy atom. The Bertz CT molecular complexity index is 1370. The van der Waals surface area contributed by atoms with Crippen molar-refractivity contribution in [1.82, 2.24) is 5.32 Å². The van der Waals surface area contributed by atoms with E-state index in [9.17, 15) is 19.8 Å². The molecule has 0 bridgehead atoms. The van der Waals surface area contributed by atoms with Crippen LogP contribution in [-0.4, -0.2) is 46.9 Å². The van der Waals surface area contributed by atoms with Crippen LogP contribution < -0.4 is 5.32 Å². The lowest BCUT2D eigenvalue weighted by Crippen LogP contribution is -2.46. The zero-order valence-electron chi connectivity index (χ0n) is 45.9. The Morgan fingerprint density at radius 3 is 1.33 bits per heavy atom. The maximum Gasteiger partial charge on any atom is 0.306 e. The average molecular weight is 975 g/mol. The highest BCUT2D eigenvalue weighted by atomic mass is 16.5. The van der Waals surface area contributed by atoms with E-state index in [4.69, 9.17) is 4.74 Å². The van der Waals surface area contributed by atoms with Crippen molar-refractivity contribution in [3.8, 4) is 0 Å². The second-order valence-electron chi connectivity index (χ2n) is 19.8. The highest BCUT2D eigenvalue weighted by Crippen LogP contribution is 2.18. The van der Waals surface area contributed by atoms with Crippen molar-refractivity contribution in [2.75, 3.05) is 6.61 Å². The largest absolute Gasteiger partial charge is 0.462 e. The zero-order chi connectivity index (χ0) is 50.9. The van der Waals surface area contributed by atoms with Gasteiger partial charge in [-0.05, 0) is 70.6 Å². The van der Waals surface area contributed by atoms with Crippen molar-refractivity contribution in [2.45, 2.75) is 289 Å². The minimum absolute atomic E-state index is 0.0208. The van der Waals surface area contributed by atoms with Crippen LogP contribution in [0.1, 0.15) is 271 Å². The van der Waals surface area contributed by atoms with Crippen molar-refractivity contribution in [1.29, 1.82) is 0 Å². The smallest absolute Gasteiger partial charge is 0.306 e. The molecule has 70 heavy (non-hydrogen) atoms. The Labute approximate surface area is 433 Å².